The van der Waals surface area contributed by atoms with E-state index in [4.69, 9.17) is 4.74 Å². The van der Waals surface area contributed by atoms with E-state index in [2.05, 4.69) is 43.4 Å². The van der Waals surface area contributed by atoms with Crippen LogP contribution in [0.3, 0.4) is 0 Å². The number of aryl methyl sites for hydroxylation is 1. The Morgan fingerprint density at radius 1 is 1.15 bits per heavy atom. The quantitative estimate of drug-likeness (QED) is 0.873. The highest BCUT2D eigenvalue weighted by molar-refractivity contribution is 5.39. The van der Waals surface area contributed by atoms with Gasteiger partial charge in [-0.3, -0.25) is 0 Å². The molecule has 2 rings (SSSR count). The van der Waals surface area contributed by atoms with Crippen molar-refractivity contribution in [1.29, 1.82) is 0 Å². The minimum Gasteiger partial charge on any atom is -0.507 e. The molecule has 0 amide bonds. The maximum absolute atomic E-state index is 9.92. The predicted octanol–water partition coefficient (Wildman–Crippen LogP) is 3.56. The lowest BCUT2D eigenvalue weighted by atomic mass is 10.1. The Balaban J connectivity index is 1.99. The summed E-state index contributed by atoms with van der Waals surface area (Å²) in [5.41, 5.74) is 3.36. The SMILES string of the molecule is COc1ccc(CN[C@@H](C)c2ccc(C)cc2)c(O)c1. The van der Waals surface area contributed by atoms with Gasteiger partial charge in [-0.2, -0.15) is 0 Å². The van der Waals surface area contributed by atoms with Crippen LogP contribution in [0, 0.1) is 6.92 Å². The Morgan fingerprint density at radius 3 is 2.45 bits per heavy atom. The van der Waals surface area contributed by atoms with E-state index in [-0.39, 0.29) is 11.8 Å². The first-order chi connectivity index (χ1) is 9.60. The Hall–Kier alpha value is -2.00. The van der Waals surface area contributed by atoms with E-state index >= 15 is 0 Å². The van der Waals surface area contributed by atoms with Crippen LogP contribution in [-0.2, 0) is 6.54 Å². The minimum atomic E-state index is 0.233. The maximum Gasteiger partial charge on any atom is 0.123 e. The smallest absolute Gasteiger partial charge is 0.123 e. The summed E-state index contributed by atoms with van der Waals surface area (Å²) in [6.45, 7) is 4.81. The fourth-order valence-corrected chi connectivity index (χ4v) is 2.06. The molecule has 2 N–H and O–H groups in total. The number of hydrogen-bond donors (Lipinski definition) is 2. The first kappa shape index (κ1) is 14.4. The highest BCUT2D eigenvalue weighted by Crippen LogP contribution is 2.24. The molecule has 0 unspecified atom stereocenters. The molecule has 0 fully saturated rings. The van der Waals surface area contributed by atoms with Gasteiger partial charge in [0.15, 0.2) is 0 Å². The van der Waals surface area contributed by atoms with Gasteiger partial charge in [-0.05, 0) is 25.5 Å². The summed E-state index contributed by atoms with van der Waals surface area (Å²) in [6.07, 6.45) is 0. The van der Waals surface area contributed by atoms with Gasteiger partial charge in [-0.1, -0.05) is 35.9 Å². The number of ether oxygens (including phenoxy) is 1. The average Bonchev–Trinajstić information content (AvgIpc) is 2.46. The number of aromatic hydroxyl groups is 1. The van der Waals surface area contributed by atoms with E-state index in [1.807, 2.05) is 12.1 Å². The topological polar surface area (TPSA) is 41.5 Å². The molecule has 2 aromatic rings. The molecule has 0 bridgehead atoms. The fraction of sp³-hybridized carbons (Fsp3) is 0.294. The lowest BCUT2D eigenvalue weighted by Crippen LogP contribution is -2.18. The third-order valence-corrected chi connectivity index (χ3v) is 3.47. The first-order valence-electron chi connectivity index (χ1n) is 6.76. The average molecular weight is 271 g/mol. The van der Waals surface area contributed by atoms with Gasteiger partial charge in [0.25, 0.3) is 0 Å². The molecule has 0 saturated carbocycles. The van der Waals surface area contributed by atoms with E-state index in [1.165, 1.54) is 11.1 Å². The van der Waals surface area contributed by atoms with E-state index in [0.29, 0.717) is 12.3 Å². The zero-order chi connectivity index (χ0) is 14.5. The summed E-state index contributed by atoms with van der Waals surface area (Å²) in [6, 6.07) is 14.1. The lowest BCUT2D eigenvalue weighted by molar-refractivity contribution is 0.405. The van der Waals surface area contributed by atoms with Crippen LogP contribution in [0.25, 0.3) is 0 Å². The molecular weight excluding hydrogens is 250 g/mol. The number of phenolic OH excluding ortho intramolecular Hbond substituents is 1. The molecule has 106 valence electrons. The molecule has 3 nitrogen and oxygen atoms in total. The van der Waals surface area contributed by atoms with Crippen LogP contribution < -0.4 is 10.1 Å². The third-order valence-electron chi connectivity index (χ3n) is 3.47. The minimum absolute atomic E-state index is 0.233. The van der Waals surface area contributed by atoms with E-state index < -0.39 is 0 Å². The predicted molar refractivity (Wildman–Crippen MR) is 81.1 cm³/mol. The van der Waals surface area contributed by atoms with Crippen LogP contribution in [0.2, 0.25) is 0 Å². The molecule has 0 spiro atoms. The van der Waals surface area contributed by atoms with Gasteiger partial charge >= 0.3 is 0 Å². The third kappa shape index (κ3) is 3.52. The summed E-state index contributed by atoms with van der Waals surface area (Å²) in [4.78, 5) is 0. The van der Waals surface area contributed by atoms with Gasteiger partial charge in [0.05, 0.1) is 7.11 Å². The largest absolute Gasteiger partial charge is 0.507 e. The molecule has 0 aromatic heterocycles. The van der Waals surface area contributed by atoms with Crippen LogP contribution in [0.1, 0.15) is 29.7 Å². The highest BCUT2D eigenvalue weighted by Gasteiger charge is 2.07. The number of rotatable bonds is 5. The van der Waals surface area contributed by atoms with E-state index in [0.717, 1.165) is 5.56 Å². The molecule has 1 atom stereocenters. The van der Waals surface area contributed by atoms with Crippen LogP contribution in [0.5, 0.6) is 11.5 Å². The summed E-state index contributed by atoms with van der Waals surface area (Å²) >= 11 is 0. The number of benzene rings is 2. The molecule has 0 radical (unpaired) electrons. The van der Waals surface area contributed by atoms with Crippen molar-refractivity contribution < 1.29 is 9.84 Å². The van der Waals surface area contributed by atoms with Crippen LogP contribution in [0.4, 0.5) is 0 Å². The highest BCUT2D eigenvalue weighted by atomic mass is 16.5. The molecule has 3 heteroatoms. The van der Waals surface area contributed by atoms with Gasteiger partial charge in [0.1, 0.15) is 11.5 Å². The van der Waals surface area contributed by atoms with Gasteiger partial charge < -0.3 is 15.2 Å². The zero-order valence-electron chi connectivity index (χ0n) is 12.2. The van der Waals surface area contributed by atoms with Crippen molar-refractivity contribution in [2.75, 3.05) is 7.11 Å². The van der Waals surface area contributed by atoms with Crippen molar-refractivity contribution >= 4 is 0 Å². The van der Waals surface area contributed by atoms with Crippen LogP contribution in [0.15, 0.2) is 42.5 Å². The second kappa shape index (κ2) is 6.44. The van der Waals surface area contributed by atoms with E-state index in [9.17, 15) is 5.11 Å². The normalized spacial score (nSPS) is 12.2. The Labute approximate surface area is 120 Å². The second-order valence-corrected chi connectivity index (χ2v) is 5.01. The lowest BCUT2D eigenvalue weighted by Gasteiger charge is -2.15. The van der Waals surface area contributed by atoms with Crippen molar-refractivity contribution in [2.45, 2.75) is 26.4 Å². The fourth-order valence-electron chi connectivity index (χ4n) is 2.06. The molecular formula is C17H21NO2. The van der Waals surface area contributed by atoms with Crippen molar-refractivity contribution in [3.05, 3.63) is 59.2 Å². The molecule has 20 heavy (non-hydrogen) atoms. The van der Waals surface area contributed by atoms with Gasteiger partial charge in [-0.15, -0.1) is 0 Å². The zero-order valence-corrected chi connectivity index (χ0v) is 12.2. The number of methoxy groups -OCH3 is 1. The standard InChI is InChI=1S/C17H21NO2/c1-12-4-6-14(7-5-12)13(2)18-11-15-8-9-16(20-3)10-17(15)19/h4-10,13,18-19H,11H2,1-3H3/t13-/m0/s1. The summed E-state index contributed by atoms with van der Waals surface area (Å²) < 4.78 is 5.08. The molecule has 0 aliphatic rings. The first-order valence-corrected chi connectivity index (χ1v) is 6.76. The Bertz CT molecular complexity index is 564. The van der Waals surface area contributed by atoms with Crippen molar-refractivity contribution in [2.24, 2.45) is 0 Å². The van der Waals surface area contributed by atoms with Gasteiger partial charge in [0, 0.05) is 24.2 Å². The maximum atomic E-state index is 9.92. The molecule has 0 aliphatic carbocycles. The Kier molecular flexibility index (Phi) is 4.64. The molecule has 0 heterocycles. The summed E-state index contributed by atoms with van der Waals surface area (Å²) in [5.74, 6) is 0.922. The van der Waals surface area contributed by atoms with Gasteiger partial charge in [-0.25, -0.2) is 0 Å². The van der Waals surface area contributed by atoms with E-state index in [1.54, 1.807) is 13.2 Å². The Morgan fingerprint density at radius 2 is 1.85 bits per heavy atom. The number of hydrogen-bond acceptors (Lipinski definition) is 3. The number of phenols is 1. The van der Waals surface area contributed by atoms with Crippen LogP contribution in [-0.4, -0.2) is 12.2 Å². The van der Waals surface area contributed by atoms with Crippen molar-refractivity contribution in [1.82, 2.24) is 5.32 Å². The number of nitrogens with one attached hydrogen (secondary N) is 1. The molecule has 2 aromatic carbocycles. The van der Waals surface area contributed by atoms with Crippen molar-refractivity contribution in [3.8, 4) is 11.5 Å². The van der Waals surface area contributed by atoms with Crippen LogP contribution >= 0.6 is 0 Å². The monoisotopic (exact) mass is 271 g/mol. The summed E-state index contributed by atoms with van der Waals surface area (Å²) in [5, 5.41) is 13.3. The molecule has 0 saturated heterocycles. The van der Waals surface area contributed by atoms with Crippen molar-refractivity contribution in [3.63, 3.8) is 0 Å². The second-order valence-electron chi connectivity index (χ2n) is 5.01. The van der Waals surface area contributed by atoms with Gasteiger partial charge in [0.2, 0.25) is 0 Å². The molecule has 0 aliphatic heterocycles. The summed E-state index contributed by atoms with van der Waals surface area (Å²) in [7, 11) is 1.59.